The number of anilines is 1. The van der Waals surface area contributed by atoms with Crippen molar-refractivity contribution in [2.45, 2.75) is 18.1 Å². The summed E-state index contributed by atoms with van der Waals surface area (Å²) in [5.74, 6) is 0. The fourth-order valence-corrected chi connectivity index (χ4v) is 5.21. The molecule has 9 heteroatoms. The molecule has 3 aromatic rings. The zero-order valence-electron chi connectivity index (χ0n) is 11.8. The fourth-order valence-electron chi connectivity index (χ4n) is 2.66. The highest BCUT2D eigenvalue weighted by Gasteiger charge is 2.26. The molecule has 0 saturated heterocycles. The molecular formula is C14H12ClN3O3S2. The summed E-state index contributed by atoms with van der Waals surface area (Å²) >= 11 is 7.36. The van der Waals surface area contributed by atoms with Crippen molar-refractivity contribution in [1.29, 1.82) is 0 Å². The Bertz CT molecular complexity index is 994. The first-order valence-corrected chi connectivity index (χ1v) is 9.63. The number of rotatable bonds is 3. The van der Waals surface area contributed by atoms with E-state index in [0.717, 1.165) is 17.5 Å². The number of ether oxygens (including phenoxy) is 1. The second kappa shape index (κ2) is 5.48. The Morgan fingerprint density at radius 1 is 1.39 bits per heavy atom. The number of fused-ring (bicyclic) bond motifs is 2. The van der Waals surface area contributed by atoms with Crippen molar-refractivity contribution in [2.24, 2.45) is 0 Å². The summed E-state index contributed by atoms with van der Waals surface area (Å²) in [5, 5.41) is 1.67. The normalized spacial score (nSPS) is 14.8. The predicted molar refractivity (Wildman–Crippen MR) is 88.7 cm³/mol. The van der Waals surface area contributed by atoms with Gasteiger partial charge in [-0.05, 0) is 18.1 Å². The molecule has 1 aromatic carbocycles. The lowest BCUT2D eigenvalue weighted by Crippen LogP contribution is -2.19. The van der Waals surface area contributed by atoms with Gasteiger partial charge in [-0.2, -0.15) is 8.42 Å². The zero-order valence-corrected chi connectivity index (χ0v) is 14.2. The Morgan fingerprint density at radius 3 is 3.13 bits per heavy atom. The second-order valence-corrected chi connectivity index (χ2v) is 7.94. The molecule has 4 rings (SSSR count). The first-order valence-electron chi connectivity index (χ1n) is 6.88. The van der Waals surface area contributed by atoms with Crippen molar-refractivity contribution >= 4 is 43.6 Å². The molecule has 0 unspecified atom stereocenters. The van der Waals surface area contributed by atoms with E-state index >= 15 is 0 Å². The van der Waals surface area contributed by atoms with Gasteiger partial charge in [-0.3, -0.25) is 9.12 Å². The van der Waals surface area contributed by atoms with Gasteiger partial charge in [-0.25, -0.2) is 4.98 Å². The standard InChI is InChI=1S/C14H12ClN3O3S2/c15-12-13(18-5-7-22-14(18)16-12)23(19,20)17-11-3-1-2-9-4-6-21-8-10(9)11/h1-3,5,7,17H,4,6,8H2. The van der Waals surface area contributed by atoms with Crippen LogP contribution in [0.5, 0.6) is 0 Å². The van der Waals surface area contributed by atoms with Crippen molar-refractivity contribution in [1.82, 2.24) is 9.38 Å². The van der Waals surface area contributed by atoms with Crippen molar-refractivity contribution in [3.8, 4) is 0 Å². The lowest BCUT2D eigenvalue weighted by atomic mass is 10.0. The first kappa shape index (κ1) is 14.9. The summed E-state index contributed by atoms with van der Waals surface area (Å²) in [5.41, 5.74) is 2.48. The minimum absolute atomic E-state index is 0.0367. The van der Waals surface area contributed by atoms with Crippen LogP contribution in [0.3, 0.4) is 0 Å². The topological polar surface area (TPSA) is 72.7 Å². The van der Waals surface area contributed by atoms with Crippen molar-refractivity contribution in [2.75, 3.05) is 11.3 Å². The van der Waals surface area contributed by atoms with Crippen LogP contribution in [-0.2, 0) is 27.8 Å². The van der Waals surface area contributed by atoms with E-state index in [2.05, 4.69) is 9.71 Å². The minimum atomic E-state index is -3.86. The third kappa shape index (κ3) is 2.51. The highest BCUT2D eigenvalue weighted by atomic mass is 35.5. The largest absolute Gasteiger partial charge is 0.376 e. The molecule has 0 saturated carbocycles. The molecule has 1 N–H and O–H groups in total. The van der Waals surface area contributed by atoms with Gasteiger partial charge in [-0.15, -0.1) is 11.3 Å². The van der Waals surface area contributed by atoms with E-state index in [0.29, 0.717) is 23.9 Å². The Labute approximate surface area is 141 Å². The summed E-state index contributed by atoms with van der Waals surface area (Å²) in [7, 11) is -3.86. The van der Waals surface area contributed by atoms with Crippen molar-refractivity contribution in [3.05, 3.63) is 46.1 Å². The Balaban J connectivity index is 1.79. The zero-order chi connectivity index (χ0) is 16.0. The van der Waals surface area contributed by atoms with E-state index in [-0.39, 0.29) is 10.2 Å². The maximum Gasteiger partial charge on any atom is 0.281 e. The van der Waals surface area contributed by atoms with Gasteiger partial charge in [0.15, 0.2) is 15.1 Å². The van der Waals surface area contributed by atoms with Crippen LogP contribution in [0.4, 0.5) is 5.69 Å². The highest BCUT2D eigenvalue weighted by molar-refractivity contribution is 7.92. The highest BCUT2D eigenvalue weighted by Crippen LogP contribution is 2.30. The number of nitrogens with zero attached hydrogens (tertiary/aromatic N) is 2. The molecule has 23 heavy (non-hydrogen) atoms. The summed E-state index contributed by atoms with van der Waals surface area (Å²) in [6, 6.07) is 5.55. The molecule has 0 bridgehead atoms. The average Bonchev–Trinajstić information content (AvgIpc) is 3.06. The fraction of sp³-hybridized carbons (Fsp3) is 0.214. The molecule has 1 aliphatic rings. The molecule has 120 valence electrons. The van der Waals surface area contributed by atoms with Crippen LogP contribution < -0.4 is 4.72 Å². The summed E-state index contributed by atoms with van der Waals surface area (Å²) in [6.45, 7) is 1.04. The van der Waals surface area contributed by atoms with Crippen LogP contribution in [0.1, 0.15) is 11.1 Å². The molecule has 0 amide bonds. The number of benzene rings is 1. The van der Waals surface area contributed by atoms with E-state index in [1.807, 2.05) is 12.1 Å². The van der Waals surface area contributed by atoms with Crippen LogP contribution in [0, 0.1) is 0 Å². The molecule has 1 aliphatic heterocycles. The summed E-state index contributed by atoms with van der Waals surface area (Å²) < 4.78 is 35.1. The van der Waals surface area contributed by atoms with E-state index in [9.17, 15) is 8.42 Å². The smallest absolute Gasteiger partial charge is 0.281 e. The molecule has 0 fully saturated rings. The SMILES string of the molecule is O=S(=O)(Nc1cccc2c1COCC2)c1c(Cl)nc2sccn12. The van der Waals surface area contributed by atoms with E-state index in [4.69, 9.17) is 16.3 Å². The third-order valence-electron chi connectivity index (χ3n) is 3.71. The van der Waals surface area contributed by atoms with Gasteiger partial charge < -0.3 is 4.74 Å². The average molecular weight is 370 g/mol. The maximum absolute atomic E-state index is 12.8. The number of hydrogen-bond acceptors (Lipinski definition) is 5. The van der Waals surface area contributed by atoms with E-state index < -0.39 is 10.0 Å². The van der Waals surface area contributed by atoms with Crippen molar-refractivity contribution in [3.63, 3.8) is 0 Å². The van der Waals surface area contributed by atoms with Crippen LogP contribution in [0.2, 0.25) is 5.15 Å². The summed E-state index contributed by atoms with van der Waals surface area (Å²) in [6.07, 6.45) is 2.41. The number of hydrogen-bond donors (Lipinski definition) is 1. The third-order valence-corrected chi connectivity index (χ3v) is 6.23. The molecule has 0 spiro atoms. The Hall–Kier alpha value is -1.61. The van der Waals surface area contributed by atoms with Gasteiger partial charge in [0, 0.05) is 17.1 Å². The van der Waals surface area contributed by atoms with Gasteiger partial charge in [-0.1, -0.05) is 23.7 Å². The molecule has 2 aromatic heterocycles. The lowest BCUT2D eigenvalue weighted by Gasteiger charge is -2.20. The van der Waals surface area contributed by atoms with Gasteiger partial charge in [0.1, 0.15) is 0 Å². The van der Waals surface area contributed by atoms with E-state index in [1.165, 1.54) is 15.7 Å². The molecule has 0 aliphatic carbocycles. The monoisotopic (exact) mass is 369 g/mol. The Kier molecular flexibility index (Phi) is 3.56. The van der Waals surface area contributed by atoms with Gasteiger partial charge >= 0.3 is 0 Å². The van der Waals surface area contributed by atoms with Crippen molar-refractivity contribution < 1.29 is 13.2 Å². The van der Waals surface area contributed by atoms with Gasteiger partial charge in [0.05, 0.1) is 18.9 Å². The lowest BCUT2D eigenvalue weighted by molar-refractivity contribution is 0.111. The number of aromatic nitrogens is 2. The number of thiazole rings is 1. The summed E-state index contributed by atoms with van der Waals surface area (Å²) in [4.78, 5) is 4.61. The van der Waals surface area contributed by atoms with E-state index in [1.54, 1.807) is 17.6 Å². The number of nitrogens with one attached hydrogen (secondary N) is 1. The number of sulfonamides is 1. The predicted octanol–water partition coefficient (Wildman–Crippen LogP) is 2.92. The Morgan fingerprint density at radius 2 is 2.26 bits per heavy atom. The molecule has 0 atom stereocenters. The molecule has 0 radical (unpaired) electrons. The van der Waals surface area contributed by atoms with Crippen LogP contribution in [-0.4, -0.2) is 24.4 Å². The van der Waals surface area contributed by atoms with Crippen LogP contribution in [0.25, 0.3) is 4.96 Å². The molecule has 6 nitrogen and oxygen atoms in total. The van der Waals surface area contributed by atoms with Gasteiger partial charge in [0.25, 0.3) is 10.0 Å². The van der Waals surface area contributed by atoms with Crippen LogP contribution in [0.15, 0.2) is 34.8 Å². The van der Waals surface area contributed by atoms with Crippen LogP contribution >= 0.6 is 22.9 Å². The number of imidazole rings is 1. The molecular weight excluding hydrogens is 358 g/mol. The second-order valence-electron chi connectivity index (χ2n) is 5.11. The first-order chi connectivity index (χ1) is 11.1. The number of halogens is 1. The van der Waals surface area contributed by atoms with Gasteiger partial charge in [0.2, 0.25) is 0 Å². The quantitative estimate of drug-likeness (QED) is 0.770. The molecule has 3 heterocycles. The maximum atomic E-state index is 12.8. The minimum Gasteiger partial charge on any atom is -0.376 e.